The molecule has 1 aromatic carbocycles. The summed E-state index contributed by atoms with van der Waals surface area (Å²) in [5.74, 6) is 0.0641. The van der Waals surface area contributed by atoms with Gasteiger partial charge in [0.1, 0.15) is 0 Å². The molecule has 3 atom stereocenters. The number of carbonyl (C=O) groups is 2. The lowest BCUT2D eigenvalue weighted by Crippen LogP contribution is -2.51. The number of benzene rings is 1. The van der Waals surface area contributed by atoms with Crippen LogP contribution >= 0.6 is 0 Å². The van der Waals surface area contributed by atoms with E-state index in [1.54, 1.807) is 4.90 Å². The Kier molecular flexibility index (Phi) is 5.61. The number of carbonyl (C=O) groups excluding carboxylic acids is 2. The van der Waals surface area contributed by atoms with E-state index in [0.717, 1.165) is 32.1 Å². The Morgan fingerprint density at radius 1 is 1.08 bits per heavy atom. The van der Waals surface area contributed by atoms with E-state index in [9.17, 15) is 9.59 Å². The lowest BCUT2D eigenvalue weighted by atomic mass is 9.88. The Hall–Kier alpha value is -2.04. The summed E-state index contributed by atoms with van der Waals surface area (Å²) in [4.78, 5) is 28.9. The number of nitrogens with zero attached hydrogens (tertiary/aromatic N) is 2. The van der Waals surface area contributed by atoms with Gasteiger partial charge in [-0.2, -0.15) is 0 Å². The summed E-state index contributed by atoms with van der Waals surface area (Å²) in [6.07, 6.45) is 4.56. The summed E-state index contributed by atoms with van der Waals surface area (Å²) in [6.45, 7) is 3.29. The molecule has 1 aromatic rings. The Bertz CT molecular complexity index is 604. The van der Waals surface area contributed by atoms with Crippen LogP contribution in [0.15, 0.2) is 30.3 Å². The zero-order valence-electron chi connectivity index (χ0n) is 15.2. The fraction of sp³-hybridized carbons (Fsp3) is 0.600. The van der Waals surface area contributed by atoms with Crippen LogP contribution in [-0.4, -0.2) is 48.0 Å². The zero-order valence-corrected chi connectivity index (χ0v) is 15.2. The van der Waals surface area contributed by atoms with Crippen LogP contribution < -0.4 is 0 Å². The third-order valence-electron chi connectivity index (χ3n) is 5.55. The molecular formula is C20H28N2O3. The minimum atomic E-state index is -0.330. The van der Waals surface area contributed by atoms with Crippen LogP contribution in [0.25, 0.3) is 0 Å². The normalized spacial score (nSPS) is 27.0. The van der Waals surface area contributed by atoms with E-state index in [1.807, 2.05) is 18.2 Å². The van der Waals surface area contributed by atoms with E-state index in [2.05, 4.69) is 24.0 Å². The predicted octanol–water partition coefficient (Wildman–Crippen LogP) is 3.61. The number of rotatable bonds is 2. The second-order valence-corrected chi connectivity index (χ2v) is 7.21. The first-order valence-corrected chi connectivity index (χ1v) is 9.32. The number of hydrogen-bond acceptors (Lipinski definition) is 3. The van der Waals surface area contributed by atoms with Gasteiger partial charge >= 0.3 is 6.09 Å². The molecule has 2 amide bonds. The molecule has 5 heteroatoms. The molecule has 0 bridgehead atoms. The minimum absolute atomic E-state index is 0.125. The standard InChI is InChI=1S/C20H28N2O3/c1-15-8-6-12-18(16-9-4-3-5-10-16)22(15)19(23)17-11-7-13-21(14-17)20(24)25-2/h3-5,9-10,15,17-18H,6-8,11-14H2,1-2H3/t15-,17-,18+/m0/s1. The number of likely N-dealkylation sites (tertiary alicyclic amines) is 2. The minimum Gasteiger partial charge on any atom is -0.453 e. The smallest absolute Gasteiger partial charge is 0.409 e. The van der Waals surface area contributed by atoms with E-state index in [0.29, 0.717) is 13.1 Å². The summed E-state index contributed by atoms with van der Waals surface area (Å²) in [5.41, 5.74) is 1.21. The van der Waals surface area contributed by atoms with Crippen LogP contribution in [0.1, 0.15) is 50.6 Å². The van der Waals surface area contributed by atoms with Crippen LogP contribution in [0.4, 0.5) is 4.79 Å². The van der Waals surface area contributed by atoms with Crippen molar-refractivity contribution in [2.45, 2.75) is 51.1 Å². The average Bonchev–Trinajstić information content (AvgIpc) is 2.67. The van der Waals surface area contributed by atoms with Gasteiger partial charge < -0.3 is 14.5 Å². The molecule has 0 N–H and O–H groups in total. The van der Waals surface area contributed by atoms with Crippen LogP contribution in [0.3, 0.4) is 0 Å². The number of piperidine rings is 2. The highest BCUT2D eigenvalue weighted by molar-refractivity contribution is 5.81. The molecule has 0 radical (unpaired) electrons. The van der Waals surface area contributed by atoms with Crippen LogP contribution in [0.2, 0.25) is 0 Å². The quantitative estimate of drug-likeness (QED) is 0.823. The van der Waals surface area contributed by atoms with Gasteiger partial charge in [0.25, 0.3) is 0 Å². The molecule has 2 heterocycles. The van der Waals surface area contributed by atoms with E-state index in [4.69, 9.17) is 4.74 Å². The summed E-state index contributed by atoms with van der Waals surface area (Å²) in [7, 11) is 1.39. The van der Waals surface area contributed by atoms with Crippen molar-refractivity contribution in [3.05, 3.63) is 35.9 Å². The van der Waals surface area contributed by atoms with Crippen molar-refractivity contribution in [2.24, 2.45) is 5.92 Å². The Morgan fingerprint density at radius 2 is 1.84 bits per heavy atom. The molecule has 5 nitrogen and oxygen atoms in total. The fourth-order valence-corrected chi connectivity index (χ4v) is 4.25. The lowest BCUT2D eigenvalue weighted by Gasteiger charge is -2.44. The summed E-state index contributed by atoms with van der Waals surface area (Å²) in [6, 6.07) is 10.7. The van der Waals surface area contributed by atoms with E-state index >= 15 is 0 Å². The molecule has 2 aliphatic rings. The average molecular weight is 344 g/mol. The fourth-order valence-electron chi connectivity index (χ4n) is 4.25. The number of ether oxygens (including phenoxy) is 1. The van der Waals surface area contributed by atoms with Gasteiger partial charge in [0.05, 0.1) is 19.1 Å². The summed E-state index contributed by atoms with van der Waals surface area (Å²) >= 11 is 0. The first-order chi connectivity index (χ1) is 12.1. The van der Waals surface area contributed by atoms with Gasteiger partial charge in [-0.05, 0) is 44.6 Å². The molecule has 0 unspecified atom stereocenters. The van der Waals surface area contributed by atoms with Gasteiger partial charge in [0.15, 0.2) is 0 Å². The molecule has 3 rings (SSSR count). The molecule has 0 saturated carbocycles. The van der Waals surface area contributed by atoms with Crippen LogP contribution in [-0.2, 0) is 9.53 Å². The molecular weight excluding hydrogens is 316 g/mol. The Morgan fingerprint density at radius 3 is 2.56 bits per heavy atom. The van der Waals surface area contributed by atoms with Gasteiger partial charge in [0, 0.05) is 19.1 Å². The highest BCUT2D eigenvalue weighted by atomic mass is 16.5. The second kappa shape index (κ2) is 7.89. The van der Waals surface area contributed by atoms with Crippen LogP contribution in [0, 0.1) is 5.92 Å². The summed E-state index contributed by atoms with van der Waals surface area (Å²) in [5, 5.41) is 0. The molecule has 0 aliphatic carbocycles. The topological polar surface area (TPSA) is 49.9 Å². The van der Waals surface area contributed by atoms with Gasteiger partial charge in [-0.15, -0.1) is 0 Å². The Labute approximate surface area is 149 Å². The summed E-state index contributed by atoms with van der Waals surface area (Å²) < 4.78 is 4.84. The highest BCUT2D eigenvalue weighted by Gasteiger charge is 2.38. The SMILES string of the molecule is COC(=O)N1CCC[C@H](C(=O)N2[C@@H](c3ccccc3)CCC[C@@H]2C)C1. The molecule has 0 spiro atoms. The monoisotopic (exact) mass is 344 g/mol. The number of methoxy groups -OCH3 is 1. The van der Waals surface area contributed by atoms with Crippen molar-refractivity contribution in [3.8, 4) is 0 Å². The molecule has 136 valence electrons. The van der Waals surface area contributed by atoms with Gasteiger partial charge in [-0.3, -0.25) is 4.79 Å². The van der Waals surface area contributed by atoms with Gasteiger partial charge in [-0.1, -0.05) is 30.3 Å². The van der Waals surface area contributed by atoms with E-state index < -0.39 is 0 Å². The largest absolute Gasteiger partial charge is 0.453 e. The lowest BCUT2D eigenvalue weighted by molar-refractivity contribution is -0.144. The number of amides is 2. The molecule has 2 aliphatic heterocycles. The molecule has 25 heavy (non-hydrogen) atoms. The third kappa shape index (κ3) is 3.80. The second-order valence-electron chi connectivity index (χ2n) is 7.21. The van der Waals surface area contributed by atoms with Gasteiger partial charge in [0.2, 0.25) is 5.91 Å². The van der Waals surface area contributed by atoms with Crippen molar-refractivity contribution >= 4 is 12.0 Å². The Balaban J connectivity index is 1.79. The molecule has 2 fully saturated rings. The maximum atomic E-state index is 13.4. The number of hydrogen-bond donors (Lipinski definition) is 0. The van der Waals surface area contributed by atoms with Crippen molar-refractivity contribution < 1.29 is 14.3 Å². The van der Waals surface area contributed by atoms with Crippen molar-refractivity contribution in [1.82, 2.24) is 9.80 Å². The maximum absolute atomic E-state index is 13.4. The van der Waals surface area contributed by atoms with E-state index in [1.165, 1.54) is 12.7 Å². The highest BCUT2D eigenvalue weighted by Crippen LogP contribution is 2.36. The zero-order chi connectivity index (χ0) is 17.8. The van der Waals surface area contributed by atoms with E-state index in [-0.39, 0.29) is 30.0 Å². The van der Waals surface area contributed by atoms with Crippen molar-refractivity contribution in [2.75, 3.05) is 20.2 Å². The third-order valence-corrected chi connectivity index (χ3v) is 5.55. The molecule has 0 aromatic heterocycles. The first-order valence-electron chi connectivity index (χ1n) is 9.32. The van der Waals surface area contributed by atoms with Crippen molar-refractivity contribution in [1.29, 1.82) is 0 Å². The maximum Gasteiger partial charge on any atom is 0.409 e. The van der Waals surface area contributed by atoms with Crippen molar-refractivity contribution in [3.63, 3.8) is 0 Å². The van der Waals surface area contributed by atoms with Gasteiger partial charge in [-0.25, -0.2) is 4.79 Å². The predicted molar refractivity (Wildman–Crippen MR) is 96.0 cm³/mol. The van der Waals surface area contributed by atoms with Crippen LogP contribution in [0.5, 0.6) is 0 Å². The first kappa shape index (κ1) is 17.8. The molecule has 2 saturated heterocycles.